The molecule has 2 nitrogen and oxygen atoms in total. The summed E-state index contributed by atoms with van der Waals surface area (Å²) in [4.78, 5) is 0. The van der Waals surface area contributed by atoms with Crippen molar-refractivity contribution in [3.63, 3.8) is 0 Å². The van der Waals surface area contributed by atoms with Crippen LogP contribution in [0.4, 0.5) is 0 Å². The third kappa shape index (κ3) is 2.92. The number of rotatable bonds is 7. The molecular formula is C18H33NO. The summed E-state index contributed by atoms with van der Waals surface area (Å²) in [5.74, 6) is 3.96. The van der Waals surface area contributed by atoms with Crippen molar-refractivity contribution >= 4 is 0 Å². The van der Waals surface area contributed by atoms with Gasteiger partial charge < -0.3 is 10.1 Å². The monoisotopic (exact) mass is 279 g/mol. The maximum atomic E-state index is 5.27. The minimum atomic E-state index is 0.682. The smallest absolute Gasteiger partial charge is 0.0465 e. The van der Waals surface area contributed by atoms with Crippen molar-refractivity contribution in [2.75, 3.05) is 20.8 Å². The SMILES string of the molecule is CNC(CC12CC3CC(CC(C3)C1)C2)C(C)CCOC. The Labute approximate surface area is 125 Å². The van der Waals surface area contributed by atoms with Crippen LogP contribution in [0.2, 0.25) is 0 Å². The number of methoxy groups -OCH3 is 1. The van der Waals surface area contributed by atoms with E-state index in [0.29, 0.717) is 11.5 Å². The Morgan fingerprint density at radius 2 is 1.65 bits per heavy atom. The molecule has 4 aliphatic rings. The number of hydrogen-bond donors (Lipinski definition) is 1. The summed E-state index contributed by atoms with van der Waals surface area (Å²) in [6, 6.07) is 0.682. The van der Waals surface area contributed by atoms with Gasteiger partial charge in [0.05, 0.1) is 0 Å². The van der Waals surface area contributed by atoms with Gasteiger partial charge in [-0.2, -0.15) is 0 Å². The molecule has 0 spiro atoms. The molecule has 0 amide bonds. The highest BCUT2D eigenvalue weighted by Gasteiger charge is 2.51. The second-order valence-corrected chi connectivity index (χ2v) is 8.28. The Bertz CT molecular complexity index is 292. The van der Waals surface area contributed by atoms with Crippen LogP contribution in [0.25, 0.3) is 0 Å². The van der Waals surface area contributed by atoms with Crippen LogP contribution in [0.1, 0.15) is 58.3 Å². The Morgan fingerprint density at radius 1 is 1.10 bits per heavy atom. The quantitative estimate of drug-likeness (QED) is 0.764. The molecule has 4 aliphatic carbocycles. The van der Waals surface area contributed by atoms with Gasteiger partial charge in [-0.25, -0.2) is 0 Å². The fourth-order valence-corrected chi connectivity index (χ4v) is 6.10. The predicted octanol–water partition coefficient (Wildman–Crippen LogP) is 3.85. The minimum Gasteiger partial charge on any atom is -0.385 e. The molecule has 1 N–H and O–H groups in total. The molecule has 2 unspecified atom stereocenters. The fraction of sp³-hybridized carbons (Fsp3) is 1.00. The van der Waals surface area contributed by atoms with Crippen molar-refractivity contribution in [2.45, 2.75) is 64.3 Å². The molecular weight excluding hydrogens is 246 g/mol. The lowest BCUT2D eigenvalue weighted by molar-refractivity contribution is -0.0647. The van der Waals surface area contributed by atoms with Gasteiger partial charge in [-0.1, -0.05) is 6.92 Å². The molecule has 0 aromatic rings. The molecule has 4 fully saturated rings. The normalized spacial score (nSPS) is 41.9. The molecule has 0 saturated heterocycles. The summed E-state index contributed by atoms with van der Waals surface area (Å²) in [7, 11) is 3.98. The Hall–Kier alpha value is -0.0800. The van der Waals surface area contributed by atoms with E-state index in [4.69, 9.17) is 4.74 Å². The van der Waals surface area contributed by atoms with E-state index in [9.17, 15) is 0 Å². The molecule has 20 heavy (non-hydrogen) atoms. The standard InChI is InChI=1S/C18H33NO/c1-13(4-5-20-3)17(19-2)12-18-9-14-6-15(10-18)8-16(7-14)11-18/h13-17,19H,4-12H2,1-3H3. The summed E-state index contributed by atoms with van der Waals surface area (Å²) < 4.78 is 5.27. The maximum Gasteiger partial charge on any atom is 0.0465 e. The van der Waals surface area contributed by atoms with Crippen molar-refractivity contribution in [2.24, 2.45) is 29.1 Å². The first-order valence-electron chi connectivity index (χ1n) is 8.80. The number of nitrogens with one attached hydrogen (secondary N) is 1. The molecule has 0 radical (unpaired) electrons. The highest BCUT2D eigenvalue weighted by Crippen LogP contribution is 2.61. The lowest BCUT2D eigenvalue weighted by atomic mass is 9.48. The highest BCUT2D eigenvalue weighted by atomic mass is 16.5. The minimum absolute atomic E-state index is 0.682. The van der Waals surface area contributed by atoms with Gasteiger partial charge in [-0.05, 0) is 87.5 Å². The largest absolute Gasteiger partial charge is 0.385 e. The average molecular weight is 279 g/mol. The zero-order valence-corrected chi connectivity index (χ0v) is 13.7. The van der Waals surface area contributed by atoms with Crippen LogP contribution < -0.4 is 5.32 Å². The van der Waals surface area contributed by atoms with Crippen LogP contribution in [0, 0.1) is 29.1 Å². The van der Waals surface area contributed by atoms with Crippen LogP contribution in [-0.4, -0.2) is 26.8 Å². The van der Waals surface area contributed by atoms with E-state index in [1.807, 2.05) is 7.11 Å². The molecule has 2 atom stereocenters. The van der Waals surface area contributed by atoms with Gasteiger partial charge in [0, 0.05) is 19.8 Å². The first kappa shape index (κ1) is 14.8. The molecule has 4 saturated carbocycles. The van der Waals surface area contributed by atoms with E-state index in [2.05, 4.69) is 19.3 Å². The fourth-order valence-electron chi connectivity index (χ4n) is 6.10. The van der Waals surface area contributed by atoms with Crippen LogP contribution >= 0.6 is 0 Å². The lowest BCUT2D eigenvalue weighted by Crippen LogP contribution is -2.49. The van der Waals surface area contributed by atoms with Crippen LogP contribution in [0.15, 0.2) is 0 Å². The van der Waals surface area contributed by atoms with E-state index in [1.165, 1.54) is 32.1 Å². The van der Waals surface area contributed by atoms with Crippen LogP contribution in [0.5, 0.6) is 0 Å². The number of ether oxygens (including phenoxy) is 1. The summed E-state index contributed by atoms with van der Waals surface area (Å²) in [6.07, 6.45) is 11.9. The van der Waals surface area contributed by atoms with Gasteiger partial charge in [-0.3, -0.25) is 0 Å². The van der Waals surface area contributed by atoms with Crippen molar-refractivity contribution in [1.29, 1.82) is 0 Å². The second kappa shape index (κ2) is 5.96. The van der Waals surface area contributed by atoms with E-state index in [1.54, 1.807) is 19.3 Å². The predicted molar refractivity (Wildman–Crippen MR) is 83.7 cm³/mol. The van der Waals surface area contributed by atoms with Crippen molar-refractivity contribution in [1.82, 2.24) is 5.32 Å². The summed E-state index contributed by atoms with van der Waals surface area (Å²) in [5, 5.41) is 3.63. The van der Waals surface area contributed by atoms with Crippen molar-refractivity contribution < 1.29 is 4.74 Å². The van der Waals surface area contributed by atoms with E-state index < -0.39 is 0 Å². The van der Waals surface area contributed by atoms with Gasteiger partial charge in [0.15, 0.2) is 0 Å². The van der Waals surface area contributed by atoms with Crippen LogP contribution in [-0.2, 0) is 4.74 Å². The Kier molecular flexibility index (Phi) is 4.42. The third-order valence-corrected chi connectivity index (χ3v) is 6.65. The van der Waals surface area contributed by atoms with Crippen molar-refractivity contribution in [3.8, 4) is 0 Å². The average Bonchev–Trinajstić information content (AvgIpc) is 2.40. The van der Waals surface area contributed by atoms with Gasteiger partial charge >= 0.3 is 0 Å². The van der Waals surface area contributed by atoms with Crippen molar-refractivity contribution in [3.05, 3.63) is 0 Å². The van der Waals surface area contributed by atoms with Gasteiger partial charge in [0.25, 0.3) is 0 Å². The molecule has 0 aliphatic heterocycles. The highest BCUT2D eigenvalue weighted by molar-refractivity contribution is 5.02. The molecule has 0 aromatic carbocycles. The summed E-state index contributed by atoms with van der Waals surface area (Å²) in [6.45, 7) is 3.31. The van der Waals surface area contributed by atoms with E-state index >= 15 is 0 Å². The second-order valence-electron chi connectivity index (χ2n) is 8.28. The van der Waals surface area contributed by atoms with E-state index in [-0.39, 0.29) is 0 Å². The summed E-state index contributed by atoms with van der Waals surface area (Å²) >= 11 is 0. The maximum absolute atomic E-state index is 5.27. The molecule has 4 bridgehead atoms. The molecule has 4 rings (SSSR count). The summed E-state index contributed by atoms with van der Waals surface area (Å²) in [5.41, 5.74) is 0.698. The molecule has 116 valence electrons. The zero-order chi connectivity index (χ0) is 14.2. The molecule has 0 heterocycles. The topological polar surface area (TPSA) is 21.3 Å². The first-order valence-corrected chi connectivity index (χ1v) is 8.80. The van der Waals surface area contributed by atoms with Gasteiger partial charge in [-0.15, -0.1) is 0 Å². The Morgan fingerprint density at radius 3 is 2.10 bits per heavy atom. The van der Waals surface area contributed by atoms with E-state index in [0.717, 1.165) is 30.3 Å². The lowest BCUT2D eigenvalue weighted by Gasteiger charge is -2.58. The van der Waals surface area contributed by atoms with Gasteiger partial charge in [0.2, 0.25) is 0 Å². The first-order chi connectivity index (χ1) is 9.64. The molecule has 2 heteroatoms. The van der Waals surface area contributed by atoms with Gasteiger partial charge in [0.1, 0.15) is 0 Å². The number of hydrogen-bond acceptors (Lipinski definition) is 2. The zero-order valence-electron chi connectivity index (χ0n) is 13.7. The Balaban J connectivity index is 1.63. The van der Waals surface area contributed by atoms with Crippen LogP contribution in [0.3, 0.4) is 0 Å². The third-order valence-electron chi connectivity index (χ3n) is 6.65. The molecule has 0 aromatic heterocycles.